The zero-order valence-electron chi connectivity index (χ0n) is 11.7. The molecule has 0 spiro atoms. The van der Waals surface area contributed by atoms with E-state index in [4.69, 9.17) is 4.74 Å². The Bertz CT molecular complexity index is 376. The second kappa shape index (κ2) is 6.77. The first-order chi connectivity index (χ1) is 9.61. The molecule has 112 valence electrons. The van der Waals surface area contributed by atoms with E-state index in [1.54, 1.807) is 0 Å². The van der Waals surface area contributed by atoms with Crippen molar-refractivity contribution in [2.45, 2.75) is 57.1 Å². The minimum Gasteiger partial charge on any atom is -0.480 e. The first kappa shape index (κ1) is 14.9. The third-order valence-electron chi connectivity index (χ3n) is 4.27. The highest BCUT2D eigenvalue weighted by atomic mass is 16.6. The number of carboxylic acids is 1. The number of hydrogen-bond acceptors (Lipinski definition) is 3. The molecular formula is C15H23NO4. The van der Waals surface area contributed by atoms with E-state index < -0.39 is 18.1 Å². The third kappa shape index (κ3) is 3.99. The van der Waals surface area contributed by atoms with Gasteiger partial charge in [-0.2, -0.15) is 0 Å². The summed E-state index contributed by atoms with van der Waals surface area (Å²) in [7, 11) is 0. The lowest BCUT2D eigenvalue weighted by Crippen LogP contribution is -2.45. The molecule has 0 radical (unpaired) electrons. The van der Waals surface area contributed by atoms with Crippen LogP contribution in [-0.4, -0.2) is 29.3 Å². The minimum absolute atomic E-state index is 0.0378. The van der Waals surface area contributed by atoms with Gasteiger partial charge in [-0.05, 0) is 43.9 Å². The Hall–Kier alpha value is -1.52. The Balaban J connectivity index is 1.75. The van der Waals surface area contributed by atoms with Gasteiger partial charge in [-0.1, -0.05) is 18.9 Å². The molecule has 2 N–H and O–H groups in total. The first-order valence-corrected chi connectivity index (χ1v) is 7.42. The number of amides is 1. The molecule has 2 saturated carbocycles. The highest BCUT2D eigenvalue weighted by Crippen LogP contribution is 2.38. The highest BCUT2D eigenvalue weighted by molar-refractivity contribution is 5.80. The molecule has 0 saturated heterocycles. The second-order valence-corrected chi connectivity index (χ2v) is 5.81. The van der Waals surface area contributed by atoms with Gasteiger partial charge in [0.05, 0.1) is 0 Å². The molecule has 2 fully saturated rings. The van der Waals surface area contributed by atoms with E-state index >= 15 is 0 Å². The Morgan fingerprint density at radius 2 is 2.10 bits per heavy atom. The van der Waals surface area contributed by atoms with E-state index in [2.05, 4.69) is 11.9 Å². The zero-order valence-corrected chi connectivity index (χ0v) is 11.7. The molecule has 2 aliphatic rings. The van der Waals surface area contributed by atoms with Gasteiger partial charge < -0.3 is 15.2 Å². The fraction of sp³-hybridized carbons (Fsp3) is 0.733. The van der Waals surface area contributed by atoms with E-state index in [1.807, 2.05) is 6.08 Å². The average molecular weight is 281 g/mol. The van der Waals surface area contributed by atoms with Crippen LogP contribution in [0, 0.1) is 11.8 Å². The van der Waals surface area contributed by atoms with Gasteiger partial charge in [-0.25, -0.2) is 9.59 Å². The predicted molar refractivity (Wildman–Crippen MR) is 74.3 cm³/mol. The molecule has 0 heterocycles. The number of carbonyl (C=O) groups excluding carboxylic acids is 1. The van der Waals surface area contributed by atoms with Gasteiger partial charge in [0.1, 0.15) is 12.1 Å². The summed E-state index contributed by atoms with van der Waals surface area (Å²) in [5, 5.41) is 11.7. The summed E-state index contributed by atoms with van der Waals surface area (Å²) in [6, 6.07) is -0.810. The Kier molecular flexibility index (Phi) is 5.04. The summed E-state index contributed by atoms with van der Waals surface area (Å²) < 4.78 is 5.26. The SMILES string of the molecule is C=CCCC1CC1OC(=O)N[C@H](C(=O)O)C1CCCC1. The lowest BCUT2D eigenvalue weighted by atomic mass is 9.98. The van der Waals surface area contributed by atoms with Crippen LogP contribution in [-0.2, 0) is 9.53 Å². The number of alkyl carbamates (subject to hydrolysis) is 1. The summed E-state index contributed by atoms with van der Waals surface area (Å²) in [4.78, 5) is 23.0. The van der Waals surface area contributed by atoms with Crippen molar-refractivity contribution in [1.29, 1.82) is 0 Å². The second-order valence-electron chi connectivity index (χ2n) is 5.81. The van der Waals surface area contributed by atoms with Crippen LogP contribution in [0.3, 0.4) is 0 Å². The standard InChI is InChI=1S/C15H23NO4/c1-2-3-6-11-9-12(11)20-15(19)16-13(14(17)18)10-7-4-5-8-10/h2,10-13H,1,3-9H2,(H,16,19)(H,17,18)/t11?,12?,13-/m0/s1. The number of allylic oxidation sites excluding steroid dienone is 1. The summed E-state index contributed by atoms with van der Waals surface area (Å²) >= 11 is 0. The lowest BCUT2D eigenvalue weighted by Gasteiger charge is -2.20. The number of ether oxygens (including phenoxy) is 1. The molecule has 3 atom stereocenters. The molecule has 0 aromatic carbocycles. The van der Waals surface area contributed by atoms with Crippen molar-refractivity contribution in [2.24, 2.45) is 11.8 Å². The number of rotatable bonds is 7. The molecule has 2 unspecified atom stereocenters. The van der Waals surface area contributed by atoms with E-state index in [0.717, 1.165) is 44.9 Å². The van der Waals surface area contributed by atoms with Crippen LogP contribution >= 0.6 is 0 Å². The Labute approximate surface area is 119 Å². The molecule has 0 aliphatic heterocycles. The highest BCUT2D eigenvalue weighted by Gasteiger charge is 2.41. The topological polar surface area (TPSA) is 75.6 Å². The van der Waals surface area contributed by atoms with E-state index in [0.29, 0.717) is 5.92 Å². The van der Waals surface area contributed by atoms with Crippen LogP contribution < -0.4 is 5.32 Å². The van der Waals surface area contributed by atoms with Gasteiger partial charge in [-0.3, -0.25) is 0 Å². The van der Waals surface area contributed by atoms with Crippen LogP contribution in [0.4, 0.5) is 4.79 Å². The zero-order chi connectivity index (χ0) is 14.5. The quantitative estimate of drug-likeness (QED) is 0.703. The fourth-order valence-electron chi connectivity index (χ4n) is 2.97. The van der Waals surface area contributed by atoms with Crippen molar-refractivity contribution < 1.29 is 19.4 Å². The molecule has 2 rings (SSSR count). The molecule has 0 aromatic rings. The van der Waals surface area contributed by atoms with Gasteiger partial charge >= 0.3 is 12.1 Å². The first-order valence-electron chi connectivity index (χ1n) is 7.42. The monoisotopic (exact) mass is 281 g/mol. The molecule has 5 nitrogen and oxygen atoms in total. The normalized spacial score (nSPS) is 26.8. The van der Waals surface area contributed by atoms with Crippen molar-refractivity contribution in [3.8, 4) is 0 Å². The van der Waals surface area contributed by atoms with Crippen molar-refractivity contribution in [2.75, 3.05) is 0 Å². The molecule has 0 bridgehead atoms. The third-order valence-corrected chi connectivity index (χ3v) is 4.27. The summed E-state index contributed by atoms with van der Waals surface area (Å²) in [5.74, 6) is -0.517. The molecule has 1 amide bonds. The summed E-state index contributed by atoms with van der Waals surface area (Å²) in [6.45, 7) is 3.66. The number of carboxylic acid groups (broad SMARTS) is 1. The number of carbonyl (C=O) groups is 2. The van der Waals surface area contributed by atoms with E-state index in [-0.39, 0.29) is 12.0 Å². The minimum atomic E-state index is -0.965. The van der Waals surface area contributed by atoms with Crippen molar-refractivity contribution in [3.05, 3.63) is 12.7 Å². The number of aliphatic carboxylic acids is 1. The van der Waals surface area contributed by atoms with E-state index in [9.17, 15) is 14.7 Å². The smallest absolute Gasteiger partial charge is 0.408 e. The average Bonchev–Trinajstić information content (AvgIpc) is 2.90. The fourth-order valence-corrected chi connectivity index (χ4v) is 2.97. The van der Waals surface area contributed by atoms with Gasteiger partial charge in [0.15, 0.2) is 0 Å². The maximum absolute atomic E-state index is 11.8. The maximum Gasteiger partial charge on any atom is 0.408 e. The van der Waals surface area contributed by atoms with E-state index in [1.165, 1.54) is 0 Å². The number of nitrogens with one attached hydrogen (secondary N) is 1. The van der Waals surface area contributed by atoms with Gasteiger partial charge in [0.25, 0.3) is 0 Å². The maximum atomic E-state index is 11.8. The molecule has 20 heavy (non-hydrogen) atoms. The van der Waals surface area contributed by atoms with Crippen LogP contribution in [0.2, 0.25) is 0 Å². The van der Waals surface area contributed by atoms with Crippen LogP contribution in [0.15, 0.2) is 12.7 Å². The summed E-state index contributed by atoms with van der Waals surface area (Å²) in [6.07, 6.45) is 7.81. The Morgan fingerprint density at radius 3 is 2.70 bits per heavy atom. The van der Waals surface area contributed by atoms with Crippen LogP contribution in [0.1, 0.15) is 44.9 Å². The largest absolute Gasteiger partial charge is 0.480 e. The number of hydrogen-bond donors (Lipinski definition) is 2. The van der Waals surface area contributed by atoms with Gasteiger partial charge in [0.2, 0.25) is 0 Å². The van der Waals surface area contributed by atoms with Crippen LogP contribution in [0.5, 0.6) is 0 Å². The summed E-state index contributed by atoms with van der Waals surface area (Å²) in [5.41, 5.74) is 0. The predicted octanol–water partition coefficient (Wildman–Crippen LogP) is 2.71. The molecule has 0 aromatic heterocycles. The lowest BCUT2D eigenvalue weighted by molar-refractivity contribution is -0.140. The Morgan fingerprint density at radius 1 is 1.40 bits per heavy atom. The van der Waals surface area contributed by atoms with Crippen molar-refractivity contribution in [1.82, 2.24) is 5.32 Å². The van der Waals surface area contributed by atoms with Crippen LogP contribution in [0.25, 0.3) is 0 Å². The molecule has 5 heteroatoms. The van der Waals surface area contributed by atoms with Gasteiger partial charge in [0, 0.05) is 0 Å². The van der Waals surface area contributed by atoms with Crippen molar-refractivity contribution in [3.63, 3.8) is 0 Å². The molecule has 2 aliphatic carbocycles. The van der Waals surface area contributed by atoms with Crippen molar-refractivity contribution >= 4 is 12.1 Å². The molecular weight excluding hydrogens is 258 g/mol. The van der Waals surface area contributed by atoms with Gasteiger partial charge in [-0.15, -0.1) is 6.58 Å².